The third-order valence-corrected chi connectivity index (χ3v) is 31.4. The maximum Gasteiger partial charge on any atom is 0.416 e. The minimum Gasteiger partial charge on any atom is -0.368 e. The van der Waals surface area contributed by atoms with Crippen LogP contribution in [-0.2, 0) is 25.4 Å². The molecule has 0 saturated carbocycles. The second-order valence-corrected chi connectivity index (χ2v) is 41.9. The smallest absolute Gasteiger partial charge is 0.368 e. The van der Waals surface area contributed by atoms with Crippen molar-refractivity contribution in [3.63, 3.8) is 0 Å². The van der Waals surface area contributed by atoms with Crippen LogP contribution in [0.3, 0.4) is 0 Å². The molecule has 732 valence electrons. The van der Waals surface area contributed by atoms with Gasteiger partial charge in [0.05, 0.1) is 128 Å². The van der Waals surface area contributed by atoms with Crippen molar-refractivity contribution in [3.8, 4) is 0 Å². The van der Waals surface area contributed by atoms with E-state index >= 15 is 0 Å². The normalized spacial score (nSPS) is 22.3. The summed E-state index contributed by atoms with van der Waals surface area (Å²) in [4.78, 5) is 88.2. The second kappa shape index (κ2) is 42.3. The summed E-state index contributed by atoms with van der Waals surface area (Å²) in [6.45, 7) is 33.6. The Morgan fingerprint density at radius 3 is 1.13 bits per heavy atom. The average molecular weight is 2020 g/mol. The van der Waals surface area contributed by atoms with Gasteiger partial charge in [0.25, 0.3) is 0 Å². The lowest BCUT2D eigenvalue weighted by atomic mass is 9.96. The Hall–Kier alpha value is -9.62. The van der Waals surface area contributed by atoms with Crippen LogP contribution in [0.1, 0.15) is 179 Å². The zero-order valence-electron chi connectivity index (χ0n) is 79.7. The molecule has 138 heavy (non-hydrogen) atoms. The number of rotatable bonds is 17. The Morgan fingerprint density at radius 2 is 0.768 bits per heavy atom. The molecule has 8 aromatic carbocycles. The summed E-state index contributed by atoms with van der Waals surface area (Å²) in [5.74, 6) is 0.917. The predicted octanol–water partition coefficient (Wildman–Crippen LogP) is 20.5. The van der Waals surface area contributed by atoms with Crippen molar-refractivity contribution in [2.75, 3.05) is 124 Å². The molecule has 4 aromatic heterocycles. The molecule has 8 aliphatic rings. The quantitative estimate of drug-likeness (QED) is 0.0667. The summed E-state index contributed by atoms with van der Waals surface area (Å²) in [5.41, 5.74) is 13.6. The number of imidazole rings is 4. The van der Waals surface area contributed by atoms with E-state index in [1.54, 1.807) is 36.0 Å². The fourth-order valence-corrected chi connectivity index (χ4v) is 23.4. The Kier molecular flexibility index (Phi) is 30.6. The molecular weight excluding hydrogens is 1900 g/mol. The van der Waals surface area contributed by atoms with Crippen LogP contribution in [0.4, 0.5) is 35.9 Å². The number of aromatic nitrogens is 8. The average Bonchev–Trinajstić information content (AvgIpc) is 0.975. The van der Waals surface area contributed by atoms with Gasteiger partial charge in [0.15, 0.2) is 0 Å². The topological polar surface area (TPSA) is 214 Å². The molecule has 0 bridgehead atoms. The van der Waals surface area contributed by atoms with Crippen molar-refractivity contribution in [1.82, 2.24) is 79.1 Å². The number of piperazine rings is 4. The first-order valence-corrected chi connectivity index (χ1v) is 51.0. The Morgan fingerprint density at radius 1 is 0.413 bits per heavy atom. The summed E-state index contributed by atoms with van der Waals surface area (Å²) < 4.78 is 49.5. The van der Waals surface area contributed by atoms with Gasteiger partial charge < -0.3 is 78.7 Å². The molecule has 4 N–H and O–H groups in total. The number of anilines is 4. The maximum atomic E-state index is 13.8. The largest absolute Gasteiger partial charge is 0.416 e. The van der Waals surface area contributed by atoms with Gasteiger partial charge in [-0.05, 0) is 290 Å². The van der Waals surface area contributed by atoms with Crippen LogP contribution in [0.25, 0.3) is 44.1 Å². The molecule has 34 heteroatoms. The monoisotopic (exact) mass is 2020 g/mol. The van der Waals surface area contributed by atoms with Crippen LogP contribution in [0.5, 0.6) is 0 Å². The number of carbonyl (C=O) groups is 4. The van der Waals surface area contributed by atoms with E-state index in [1.807, 2.05) is 85.4 Å². The minimum absolute atomic E-state index is 0.00696. The predicted molar refractivity (Wildman–Crippen MR) is 552 cm³/mol. The van der Waals surface area contributed by atoms with Crippen molar-refractivity contribution in [1.29, 1.82) is 0 Å². The molecule has 8 fully saturated rings. The Labute approximate surface area is 840 Å². The molecule has 11 atom stereocenters. The lowest BCUT2D eigenvalue weighted by Crippen LogP contribution is -2.63. The van der Waals surface area contributed by atoms with Gasteiger partial charge in [-0.2, -0.15) is 13.2 Å². The molecule has 12 heterocycles. The minimum atomic E-state index is -4.52. The molecule has 8 saturated heterocycles. The number of alkyl halides is 3. The van der Waals surface area contributed by atoms with Crippen LogP contribution < -0.4 is 40.9 Å². The van der Waals surface area contributed by atoms with Crippen LogP contribution in [-0.4, -0.2) is 233 Å². The number of halogens is 10. The number of hydrogen-bond acceptors (Lipinski definition) is 16. The van der Waals surface area contributed by atoms with Crippen molar-refractivity contribution < 1.29 is 32.3 Å². The van der Waals surface area contributed by atoms with E-state index in [4.69, 9.17) is 81.2 Å². The number of fused-ring (bicyclic) bond motifs is 4. The van der Waals surface area contributed by atoms with Crippen molar-refractivity contribution in [2.24, 2.45) is 0 Å². The number of nitrogens with one attached hydrogen (secondary N) is 4. The molecule has 0 radical (unpaired) electrons. The highest BCUT2D eigenvalue weighted by Gasteiger charge is 2.45. The standard InChI is InChI=1S/3C26H31Cl2N5O.C26H29ClF3N5O/c1-17-15-31(11-12-32(17)25(34)26(3)9-4-10-30-26)20-6-8-23-24(14-20)33(16-29-23)18(2)21-7-5-19(27)13-22(21)28;1-17(20-8-6-18(27)13-21(20)28)32-16-30-22-9-7-19(14-24(22)32)31-11-12-33(26(2,3)15-31)25(34)23-5-4-10-29-23;1-3-19-15-31(11-12-32(19)26(34)24-5-4-10-29-24)20-7-9-23-25(14-20)33(16-30-23)17(2)21-8-6-18(27)13-22(21)28;1-16-14-33(10-11-34(16)25(36)23-4-3-9-31-23)19-6-8-22-24(13-19)35(15-32-22)17(2)20-7-5-18(27)12-21(20)26(28,29)30/h5-8,13-14,16-18,30H,4,9-12,15H2,1-3H3;6-9,13-14,16-17,23,29H,4-5,10-12,15H2,1-3H3;6-9,13-14,16-17,19,24,29H,3-5,10-12,15H2,1-2H3;5-8,12-13,15-17,23,31H,3-4,9-11,14H2,1-2H3/t17-,18?,26-;17?,23-;17?,19-,24-;16-,17?,23-/m1111/s1. The van der Waals surface area contributed by atoms with Crippen LogP contribution >= 0.6 is 81.2 Å². The van der Waals surface area contributed by atoms with Gasteiger partial charge in [0.2, 0.25) is 23.6 Å². The summed E-state index contributed by atoms with van der Waals surface area (Å²) in [7, 11) is 0. The van der Waals surface area contributed by atoms with Crippen molar-refractivity contribution in [3.05, 3.63) is 234 Å². The molecule has 0 aliphatic carbocycles. The van der Waals surface area contributed by atoms with Gasteiger partial charge in [-0.1, -0.05) is 112 Å². The van der Waals surface area contributed by atoms with E-state index in [0.717, 1.165) is 227 Å². The van der Waals surface area contributed by atoms with E-state index < -0.39 is 23.3 Å². The van der Waals surface area contributed by atoms with E-state index in [9.17, 15) is 32.3 Å². The van der Waals surface area contributed by atoms with E-state index in [2.05, 4.69) is 199 Å². The second-order valence-electron chi connectivity index (χ2n) is 38.9. The summed E-state index contributed by atoms with van der Waals surface area (Å²) in [5, 5.41) is 17.3. The van der Waals surface area contributed by atoms with E-state index in [1.165, 1.54) is 12.1 Å². The number of nitrogens with zero attached hydrogens (tertiary/aromatic N) is 16. The number of hydrogen-bond donors (Lipinski definition) is 4. The lowest BCUT2D eigenvalue weighted by Gasteiger charge is -2.48. The van der Waals surface area contributed by atoms with Gasteiger partial charge >= 0.3 is 6.18 Å². The van der Waals surface area contributed by atoms with Gasteiger partial charge in [0.1, 0.15) is 0 Å². The summed E-state index contributed by atoms with van der Waals surface area (Å²) in [6.07, 6.45) is 11.6. The number of benzene rings is 8. The summed E-state index contributed by atoms with van der Waals surface area (Å²) >= 11 is 43.7. The Balaban J connectivity index is 0.000000127. The van der Waals surface area contributed by atoms with E-state index in [0.29, 0.717) is 55.3 Å². The molecule has 20 rings (SSSR count). The SMILES string of the molecule is CC(c1ccc(Cl)cc1C(F)(F)F)n1cnc2ccc(N3CCN(C(=O)[C@H]4CCCN4)[C@H](C)C3)cc21.CC(c1ccc(Cl)cc1Cl)n1cnc2ccc(N3CCN(C(=O)[C@@]4(C)CCCN4)[C@H](C)C3)cc21.CC(c1ccc(Cl)cc1Cl)n1cnc2ccc(N3CCN(C(=O)[C@H]4CCCN4)C(C)(C)C3)cc21.CC[C@@H]1CN(c2ccc3ncn(C(C)c4ccc(Cl)cc4Cl)c3c2)CCN1C(=O)[C@H]1CCCN1. The third kappa shape index (κ3) is 21.3. The Bertz CT molecular complexity index is 6420. The number of amides is 4. The van der Waals surface area contributed by atoms with Crippen LogP contribution in [0.2, 0.25) is 35.2 Å². The van der Waals surface area contributed by atoms with Gasteiger partial charge in [-0.15, -0.1) is 0 Å². The first kappa shape index (κ1) is 99.9. The zero-order chi connectivity index (χ0) is 97.5. The van der Waals surface area contributed by atoms with Gasteiger partial charge in [-0.25, -0.2) is 19.9 Å². The fourth-order valence-electron chi connectivity index (χ4n) is 21.5. The van der Waals surface area contributed by atoms with Crippen LogP contribution in [0, 0.1) is 0 Å². The molecular formula is C104H122Cl7F3N20O4. The zero-order valence-corrected chi connectivity index (χ0v) is 85.0. The highest BCUT2D eigenvalue weighted by atomic mass is 35.5. The molecule has 4 unspecified atom stereocenters. The van der Waals surface area contributed by atoms with E-state index in [-0.39, 0.29) is 94.1 Å². The van der Waals surface area contributed by atoms with Gasteiger partial charge in [-0.3, -0.25) is 19.2 Å². The molecule has 0 spiro atoms. The van der Waals surface area contributed by atoms with Crippen LogP contribution in [0.15, 0.2) is 171 Å². The first-order valence-electron chi connectivity index (χ1n) is 48.4. The third-order valence-electron chi connectivity index (χ3n) is 29.5. The van der Waals surface area contributed by atoms with Crippen molar-refractivity contribution >= 4 is 172 Å². The highest BCUT2D eigenvalue weighted by molar-refractivity contribution is 6.36. The lowest BCUT2D eigenvalue weighted by molar-refractivity contribution is -0.140. The molecule has 8 aliphatic heterocycles. The highest BCUT2D eigenvalue weighted by Crippen LogP contribution is 2.43. The fraction of sp³-hybridized carbons (Fsp3) is 0.462. The number of carbonyl (C=O) groups excluding carboxylic acids is 4. The summed E-state index contributed by atoms with van der Waals surface area (Å²) in [6, 6.07) is 45.6. The van der Waals surface area contributed by atoms with Gasteiger partial charge in [0, 0.05) is 155 Å². The first-order chi connectivity index (χ1) is 66.1. The molecule has 24 nitrogen and oxygen atoms in total. The maximum absolute atomic E-state index is 13.8. The van der Waals surface area contributed by atoms with Crippen molar-refractivity contribution in [2.45, 2.75) is 205 Å². The molecule has 4 amide bonds. The molecule has 12 aromatic rings.